The van der Waals surface area contributed by atoms with Crippen LogP contribution in [0.2, 0.25) is 0 Å². The van der Waals surface area contributed by atoms with Crippen LogP contribution in [0.15, 0.2) is 52.4 Å². The number of amidine groups is 1. The number of hydrogen-bond acceptors (Lipinski definition) is 4. The van der Waals surface area contributed by atoms with E-state index in [-0.39, 0.29) is 11.7 Å². The van der Waals surface area contributed by atoms with Gasteiger partial charge in [-0.2, -0.15) is 0 Å². The van der Waals surface area contributed by atoms with Gasteiger partial charge in [0.05, 0.1) is 4.91 Å². The third kappa shape index (κ3) is 3.94. The number of nitrogens with one attached hydrogen (secondary N) is 1. The second-order valence-corrected chi connectivity index (χ2v) is 7.28. The highest BCUT2D eigenvalue weighted by Gasteiger charge is 2.24. The number of aryl methyl sites for hydroxylation is 1. The number of carbonyl (C=O) groups is 1. The maximum atomic E-state index is 12.2. The van der Waals surface area contributed by atoms with E-state index < -0.39 is 0 Å². The number of carbonyl (C=O) groups excluding carboxylic acids is 1. The zero-order valence-electron chi connectivity index (χ0n) is 14.4. The van der Waals surface area contributed by atoms with Gasteiger partial charge < -0.3 is 10.4 Å². The lowest BCUT2D eigenvalue weighted by Crippen LogP contribution is -2.19. The number of phenols is 1. The van der Waals surface area contributed by atoms with E-state index in [2.05, 4.69) is 36.3 Å². The Morgan fingerprint density at radius 3 is 2.52 bits per heavy atom. The number of phenolic OH excluding ortho intramolecular Hbond substituents is 1. The maximum Gasteiger partial charge on any atom is 0.264 e. The van der Waals surface area contributed by atoms with Crippen LogP contribution in [0.1, 0.15) is 36.5 Å². The predicted octanol–water partition coefficient (Wildman–Crippen LogP) is 4.72. The first-order chi connectivity index (χ1) is 11.9. The smallest absolute Gasteiger partial charge is 0.264 e. The van der Waals surface area contributed by atoms with Gasteiger partial charge in [0, 0.05) is 0 Å². The molecule has 2 N–H and O–H groups in total. The van der Waals surface area contributed by atoms with Crippen molar-refractivity contribution in [2.24, 2.45) is 4.99 Å². The number of benzene rings is 2. The van der Waals surface area contributed by atoms with E-state index in [0.29, 0.717) is 21.7 Å². The van der Waals surface area contributed by atoms with Gasteiger partial charge in [-0.1, -0.05) is 50.2 Å². The molecular formula is C20H20N2O2S. The quantitative estimate of drug-likeness (QED) is 0.786. The Kier molecular flexibility index (Phi) is 4.95. The molecule has 0 saturated carbocycles. The molecule has 0 unspecified atom stereocenters. The zero-order valence-corrected chi connectivity index (χ0v) is 15.2. The van der Waals surface area contributed by atoms with Gasteiger partial charge in [0.2, 0.25) is 0 Å². The molecule has 3 rings (SSSR count). The fourth-order valence-corrected chi connectivity index (χ4v) is 3.33. The summed E-state index contributed by atoms with van der Waals surface area (Å²) in [5, 5.41) is 13.2. The van der Waals surface area contributed by atoms with Crippen LogP contribution in [0.3, 0.4) is 0 Å². The van der Waals surface area contributed by atoms with Gasteiger partial charge >= 0.3 is 0 Å². The number of rotatable bonds is 3. The largest absolute Gasteiger partial charge is 0.506 e. The van der Waals surface area contributed by atoms with Gasteiger partial charge in [-0.25, -0.2) is 4.99 Å². The molecule has 0 atom stereocenters. The molecule has 0 bridgehead atoms. The van der Waals surface area contributed by atoms with Gasteiger partial charge in [-0.3, -0.25) is 4.79 Å². The molecule has 128 valence electrons. The van der Waals surface area contributed by atoms with Crippen molar-refractivity contribution in [1.29, 1.82) is 0 Å². The minimum atomic E-state index is -0.176. The number of aliphatic imine (C=N–C) groups is 1. The van der Waals surface area contributed by atoms with Gasteiger partial charge in [0.15, 0.2) is 5.17 Å². The summed E-state index contributed by atoms with van der Waals surface area (Å²) in [5.74, 6) is 0.403. The summed E-state index contributed by atoms with van der Waals surface area (Å²) in [4.78, 5) is 17.2. The van der Waals surface area contributed by atoms with Crippen LogP contribution in [0.4, 0.5) is 5.69 Å². The van der Waals surface area contributed by atoms with Gasteiger partial charge in [-0.15, -0.1) is 0 Å². The van der Waals surface area contributed by atoms with E-state index in [0.717, 1.165) is 11.1 Å². The highest BCUT2D eigenvalue weighted by molar-refractivity contribution is 8.18. The summed E-state index contributed by atoms with van der Waals surface area (Å²) in [6.07, 6.45) is 1.85. The van der Waals surface area contributed by atoms with E-state index in [1.807, 2.05) is 31.2 Å². The highest BCUT2D eigenvalue weighted by Crippen LogP contribution is 2.33. The topological polar surface area (TPSA) is 61.7 Å². The van der Waals surface area contributed by atoms with Crippen LogP contribution in [-0.4, -0.2) is 16.2 Å². The third-order valence-electron chi connectivity index (χ3n) is 3.98. The van der Waals surface area contributed by atoms with Crippen LogP contribution >= 0.6 is 11.8 Å². The summed E-state index contributed by atoms with van der Waals surface area (Å²) in [7, 11) is 0. The van der Waals surface area contributed by atoms with Crippen LogP contribution < -0.4 is 5.32 Å². The molecule has 1 saturated heterocycles. The van der Waals surface area contributed by atoms with E-state index in [9.17, 15) is 9.90 Å². The highest BCUT2D eigenvalue weighted by atomic mass is 32.2. The first-order valence-electron chi connectivity index (χ1n) is 8.12. The van der Waals surface area contributed by atoms with Crippen molar-refractivity contribution in [3.63, 3.8) is 0 Å². The van der Waals surface area contributed by atoms with Crippen LogP contribution in [0.25, 0.3) is 6.08 Å². The first kappa shape index (κ1) is 17.3. The molecule has 1 heterocycles. The number of amides is 1. The van der Waals surface area contributed by atoms with Crippen molar-refractivity contribution in [3.05, 3.63) is 64.1 Å². The Balaban J connectivity index is 1.84. The zero-order chi connectivity index (χ0) is 18.0. The van der Waals surface area contributed by atoms with Crippen molar-refractivity contribution in [3.8, 4) is 5.75 Å². The molecule has 1 amide bonds. The normalized spacial score (nSPS) is 17.5. The van der Waals surface area contributed by atoms with Crippen molar-refractivity contribution >= 4 is 34.6 Å². The number of para-hydroxylation sites is 1. The lowest BCUT2D eigenvalue weighted by atomic mass is 10.0. The fraction of sp³-hybridized carbons (Fsp3) is 0.200. The Hall–Kier alpha value is -2.53. The van der Waals surface area contributed by atoms with E-state index in [1.54, 1.807) is 12.1 Å². The molecule has 0 aliphatic carbocycles. The molecule has 25 heavy (non-hydrogen) atoms. The number of aromatic hydroxyl groups is 1. The standard InChI is InChI=1S/C20H20N2O2S/c1-12(2)15-9-7-14(8-10-15)11-17-19(24)22-20(25-17)21-18-13(3)5-4-6-16(18)23/h4-12,23H,1-3H3,(H,21,22,24)/b17-11-. The van der Waals surface area contributed by atoms with Gasteiger partial charge in [-0.05, 0) is 53.4 Å². The molecule has 2 aromatic carbocycles. The van der Waals surface area contributed by atoms with Crippen LogP contribution in [0, 0.1) is 6.92 Å². The van der Waals surface area contributed by atoms with E-state index >= 15 is 0 Å². The predicted molar refractivity (Wildman–Crippen MR) is 104 cm³/mol. The van der Waals surface area contributed by atoms with Crippen molar-refractivity contribution in [1.82, 2.24) is 5.32 Å². The SMILES string of the molecule is Cc1cccc(O)c1N=C1NC(=O)/C(=C/c2ccc(C(C)C)cc2)S1. The Morgan fingerprint density at radius 1 is 1.16 bits per heavy atom. The Labute approximate surface area is 151 Å². The van der Waals surface area contributed by atoms with Crippen molar-refractivity contribution in [2.45, 2.75) is 26.7 Å². The second kappa shape index (κ2) is 7.15. The molecule has 2 aromatic rings. The fourth-order valence-electron chi connectivity index (χ4n) is 2.50. The third-order valence-corrected chi connectivity index (χ3v) is 4.89. The summed E-state index contributed by atoms with van der Waals surface area (Å²) in [6, 6.07) is 13.4. The molecule has 4 nitrogen and oxygen atoms in total. The average Bonchev–Trinajstić information content (AvgIpc) is 2.91. The van der Waals surface area contributed by atoms with Crippen molar-refractivity contribution < 1.29 is 9.90 Å². The maximum absolute atomic E-state index is 12.2. The number of nitrogens with zero attached hydrogens (tertiary/aromatic N) is 1. The van der Waals surface area contributed by atoms with Crippen LogP contribution in [-0.2, 0) is 4.79 Å². The molecule has 0 spiro atoms. The van der Waals surface area contributed by atoms with Gasteiger partial charge in [0.1, 0.15) is 11.4 Å². The Morgan fingerprint density at radius 2 is 1.88 bits per heavy atom. The minimum Gasteiger partial charge on any atom is -0.506 e. The Bertz CT molecular complexity index is 848. The molecule has 1 fully saturated rings. The summed E-state index contributed by atoms with van der Waals surface area (Å²) < 4.78 is 0. The first-order valence-corrected chi connectivity index (χ1v) is 8.94. The second-order valence-electron chi connectivity index (χ2n) is 6.25. The van der Waals surface area contributed by atoms with E-state index in [4.69, 9.17) is 0 Å². The average molecular weight is 352 g/mol. The van der Waals surface area contributed by atoms with Crippen LogP contribution in [0.5, 0.6) is 5.75 Å². The number of thioether (sulfide) groups is 1. The summed E-state index contributed by atoms with van der Waals surface area (Å²) >= 11 is 1.28. The monoisotopic (exact) mass is 352 g/mol. The molecular weight excluding hydrogens is 332 g/mol. The van der Waals surface area contributed by atoms with Gasteiger partial charge in [0.25, 0.3) is 5.91 Å². The summed E-state index contributed by atoms with van der Waals surface area (Å²) in [6.45, 7) is 6.17. The lowest BCUT2D eigenvalue weighted by molar-refractivity contribution is -0.115. The van der Waals surface area contributed by atoms with E-state index in [1.165, 1.54) is 17.3 Å². The number of hydrogen-bond donors (Lipinski definition) is 2. The molecule has 1 aliphatic heterocycles. The molecule has 0 aromatic heterocycles. The minimum absolute atomic E-state index is 0.101. The molecule has 5 heteroatoms. The molecule has 0 radical (unpaired) electrons. The summed E-state index contributed by atoms with van der Waals surface area (Å²) in [5.41, 5.74) is 3.57. The van der Waals surface area contributed by atoms with Crippen molar-refractivity contribution in [2.75, 3.05) is 0 Å². The lowest BCUT2D eigenvalue weighted by Gasteiger charge is -2.04. The molecule has 1 aliphatic rings.